The fraction of sp³-hybridized carbons (Fsp3) is 0.786. The molecule has 4 rings (SSSR count). The van der Waals surface area contributed by atoms with E-state index >= 15 is 0 Å². The Bertz CT molecular complexity index is 531. The molecule has 3 aliphatic carbocycles. The van der Waals surface area contributed by atoms with Crippen LogP contribution in [0.2, 0.25) is 0 Å². The molecule has 20 heavy (non-hydrogen) atoms. The third kappa shape index (κ3) is 2.57. The van der Waals surface area contributed by atoms with E-state index in [1.54, 1.807) is 11.8 Å². The number of rotatable bonds is 6. The lowest BCUT2D eigenvalue weighted by molar-refractivity contribution is -0.120. The van der Waals surface area contributed by atoms with Gasteiger partial charge in [-0.1, -0.05) is 11.8 Å². The maximum atomic E-state index is 12.1. The van der Waals surface area contributed by atoms with Gasteiger partial charge in [0.2, 0.25) is 5.91 Å². The molecule has 1 N–H and O–H groups in total. The van der Waals surface area contributed by atoms with Crippen LogP contribution in [0.25, 0.3) is 0 Å². The largest absolute Gasteiger partial charge is 0.352 e. The van der Waals surface area contributed by atoms with E-state index in [2.05, 4.69) is 20.1 Å². The summed E-state index contributed by atoms with van der Waals surface area (Å²) in [6, 6.07) is 1.01. The molecule has 6 heteroatoms. The van der Waals surface area contributed by atoms with Gasteiger partial charge in [-0.3, -0.25) is 4.79 Å². The van der Waals surface area contributed by atoms with Crippen molar-refractivity contribution < 1.29 is 4.79 Å². The minimum absolute atomic E-state index is 0.0932. The molecule has 0 aliphatic heterocycles. The highest BCUT2D eigenvalue weighted by atomic mass is 32.2. The van der Waals surface area contributed by atoms with Crippen molar-refractivity contribution in [2.45, 2.75) is 73.9 Å². The molecule has 108 valence electrons. The number of nitrogens with one attached hydrogen (secondary N) is 1. The van der Waals surface area contributed by atoms with Crippen LogP contribution in [0.4, 0.5) is 0 Å². The molecule has 0 aromatic carbocycles. The summed E-state index contributed by atoms with van der Waals surface area (Å²) in [5.41, 5.74) is 0. The third-order valence-corrected chi connectivity index (χ3v) is 5.18. The number of hydrogen-bond acceptors (Lipinski definition) is 4. The van der Waals surface area contributed by atoms with Crippen LogP contribution < -0.4 is 5.32 Å². The lowest BCUT2D eigenvalue weighted by Crippen LogP contribution is -2.32. The standard InChI is InChI=1S/C14H20N4OS/c1-8(13(19)15-10-4-5-10)20-14-17-16-12(9-2-3-9)18(14)11-6-7-11/h8-11H,2-7H2,1H3,(H,15,19)/t8-/m1/s1. The maximum absolute atomic E-state index is 12.1. The first kappa shape index (κ1) is 12.7. The van der Waals surface area contributed by atoms with Gasteiger partial charge in [0.05, 0.1) is 5.25 Å². The molecule has 1 atom stereocenters. The zero-order chi connectivity index (χ0) is 13.7. The van der Waals surface area contributed by atoms with Crippen molar-refractivity contribution >= 4 is 17.7 Å². The Morgan fingerprint density at radius 1 is 1.25 bits per heavy atom. The van der Waals surface area contributed by atoms with Crippen LogP contribution in [-0.4, -0.2) is 32.0 Å². The van der Waals surface area contributed by atoms with Crippen molar-refractivity contribution in [2.75, 3.05) is 0 Å². The van der Waals surface area contributed by atoms with E-state index in [1.807, 2.05) is 6.92 Å². The van der Waals surface area contributed by atoms with Gasteiger partial charge in [-0.15, -0.1) is 10.2 Å². The average molecular weight is 292 g/mol. The summed E-state index contributed by atoms with van der Waals surface area (Å²) in [5.74, 6) is 1.91. The highest BCUT2D eigenvalue weighted by molar-refractivity contribution is 8.00. The number of hydrogen-bond donors (Lipinski definition) is 1. The summed E-state index contributed by atoms with van der Waals surface area (Å²) in [5, 5.41) is 12.6. The first-order chi connectivity index (χ1) is 9.72. The molecular weight excluding hydrogens is 272 g/mol. The molecule has 1 aromatic rings. The minimum Gasteiger partial charge on any atom is -0.352 e. The fourth-order valence-corrected chi connectivity index (χ4v) is 3.36. The van der Waals surface area contributed by atoms with E-state index in [4.69, 9.17) is 0 Å². The quantitative estimate of drug-likeness (QED) is 0.817. The first-order valence-corrected chi connectivity index (χ1v) is 8.52. The van der Waals surface area contributed by atoms with Crippen molar-refractivity contribution in [1.29, 1.82) is 0 Å². The maximum Gasteiger partial charge on any atom is 0.233 e. The molecule has 0 spiro atoms. The van der Waals surface area contributed by atoms with Crippen molar-refractivity contribution in [1.82, 2.24) is 20.1 Å². The highest BCUT2D eigenvalue weighted by Gasteiger charge is 2.37. The Labute approximate surface area is 122 Å². The summed E-state index contributed by atoms with van der Waals surface area (Å²) in [7, 11) is 0. The van der Waals surface area contributed by atoms with Crippen LogP contribution >= 0.6 is 11.8 Å². The summed E-state index contributed by atoms with van der Waals surface area (Å²) < 4.78 is 2.31. The Balaban J connectivity index is 1.48. The number of carbonyl (C=O) groups is 1. The lowest BCUT2D eigenvalue weighted by Gasteiger charge is -2.12. The Morgan fingerprint density at radius 2 is 2.00 bits per heavy atom. The van der Waals surface area contributed by atoms with Crippen LogP contribution in [0, 0.1) is 0 Å². The number of carbonyl (C=O) groups excluding carboxylic acids is 1. The van der Waals surface area contributed by atoms with Gasteiger partial charge in [0, 0.05) is 18.0 Å². The molecule has 1 aromatic heterocycles. The molecule has 1 amide bonds. The van der Waals surface area contributed by atoms with Crippen molar-refractivity contribution in [3.05, 3.63) is 5.82 Å². The second kappa shape index (κ2) is 4.76. The van der Waals surface area contributed by atoms with Crippen LogP contribution in [0.15, 0.2) is 5.16 Å². The molecular formula is C14H20N4OS. The molecule has 3 aliphatic rings. The molecule has 0 saturated heterocycles. The summed E-state index contributed by atoms with van der Waals surface area (Å²) in [6.45, 7) is 1.96. The molecule has 0 bridgehead atoms. The fourth-order valence-electron chi connectivity index (χ4n) is 2.42. The van der Waals surface area contributed by atoms with E-state index < -0.39 is 0 Å². The lowest BCUT2D eigenvalue weighted by atomic mass is 10.4. The molecule has 3 saturated carbocycles. The number of thioether (sulfide) groups is 1. The summed E-state index contributed by atoms with van der Waals surface area (Å²) in [4.78, 5) is 12.1. The van der Waals surface area contributed by atoms with Gasteiger partial charge in [0.15, 0.2) is 5.16 Å². The van der Waals surface area contributed by atoms with Crippen LogP contribution in [-0.2, 0) is 4.79 Å². The van der Waals surface area contributed by atoms with Gasteiger partial charge in [-0.05, 0) is 45.4 Å². The van der Waals surface area contributed by atoms with Crippen LogP contribution in [0.3, 0.4) is 0 Å². The summed E-state index contributed by atoms with van der Waals surface area (Å²) in [6.07, 6.45) is 7.21. The van der Waals surface area contributed by atoms with E-state index in [0.29, 0.717) is 18.0 Å². The van der Waals surface area contributed by atoms with Crippen molar-refractivity contribution in [3.63, 3.8) is 0 Å². The molecule has 1 heterocycles. The monoisotopic (exact) mass is 292 g/mol. The second-order valence-corrected chi connectivity index (χ2v) is 7.57. The number of aromatic nitrogens is 3. The van der Waals surface area contributed by atoms with E-state index in [-0.39, 0.29) is 11.2 Å². The zero-order valence-electron chi connectivity index (χ0n) is 11.7. The number of nitrogens with zero attached hydrogens (tertiary/aromatic N) is 3. The first-order valence-electron chi connectivity index (χ1n) is 7.64. The van der Waals surface area contributed by atoms with Crippen molar-refractivity contribution in [2.24, 2.45) is 0 Å². The molecule has 0 unspecified atom stereocenters. The Morgan fingerprint density at radius 3 is 2.60 bits per heavy atom. The van der Waals surface area contributed by atoms with E-state index in [1.165, 1.54) is 25.7 Å². The Hall–Kier alpha value is -1.04. The van der Waals surface area contributed by atoms with Gasteiger partial charge in [-0.25, -0.2) is 0 Å². The normalized spacial score (nSPS) is 23.6. The average Bonchev–Trinajstić information content (AvgIpc) is 3.27. The van der Waals surface area contributed by atoms with Gasteiger partial charge in [-0.2, -0.15) is 0 Å². The molecule has 5 nitrogen and oxygen atoms in total. The Kier molecular flexibility index (Phi) is 3.02. The van der Waals surface area contributed by atoms with Crippen LogP contribution in [0.1, 0.15) is 63.2 Å². The molecule has 3 fully saturated rings. The highest BCUT2D eigenvalue weighted by Crippen LogP contribution is 2.46. The van der Waals surface area contributed by atoms with Gasteiger partial charge in [0.25, 0.3) is 0 Å². The van der Waals surface area contributed by atoms with Gasteiger partial charge < -0.3 is 9.88 Å². The van der Waals surface area contributed by atoms with Gasteiger partial charge in [0.1, 0.15) is 5.82 Å². The number of amides is 1. The van der Waals surface area contributed by atoms with E-state index in [0.717, 1.165) is 23.8 Å². The topological polar surface area (TPSA) is 59.8 Å². The van der Waals surface area contributed by atoms with Crippen molar-refractivity contribution in [3.8, 4) is 0 Å². The second-order valence-electron chi connectivity index (χ2n) is 6.26. The summed E-state index contributed by atoms with van der Waals surface area (Å²) >= 11 is 1.56. The van der Waals surface area contributed by atoms with Crippen LogP contribution in [0.5, 0.6) is 0 Å². The zero-order valence-corrected chi connectivity index (χ0v) is 12.5. The smallest absolute Gasteiger partial charge is 0.233 e. The minimum atomic E-state index is -0.0932. The predicted molar refractivity (Wildman–Crippen MR) is 76.8 cm³/mol. The van der Waals surface area contributed by atoms with E-state index in [9.17, 15) is 4.79 Å². The van der Waals surface area contributed by atoms with Gasteiger partial charge >= 0.3 is 0 Å². The predicted octanol–water partition coefficient (Wildman–Crippen LogP) is 2.25. The SMILES string of the molecule is C[C@@H](Sc1nnc(C2CC2)n1C1CC1)C(=O)NC1CC1. The third-order valence-electron chi connectivity index (χ3n) is 4.12. The molecule has 0 radical (unpaired) electrons.